The maximum absolute atomic E-state index is 11.5. The van der Waals surface area contributed by atoms with Crippen molar-refractivity contribution in [3.8, 4) is 5.75 Å². The van der Waals surface area contributed by atoms with Crippen molar-refractivity contribution in [3.63, 3.8) is 0 Å². The van der Waals surface area contributed by atoms with Gasteiger partial charge < -0.3 is 10.1 Å². The third-order valence-electron chi connectivity index (χ3n) is 1.95. The van der Waals surface area contributed by atoms with Gasteiger partial charge in [0.25, 0.3) is 5.91 Å². The lowest BCUT2D eigenvalue weighted by Crippen LogP contribution is -2.24. The van der Waals surface area contributed by atoms with E-state index in [1.807, 2.05) is 0 Å². The molecule has 0 radical (unpaired) electrons. The second kappa shape index (κ2) is 6.30. The van der Waals surface area contributed by atoms with Gasteiger partial charge in [-0.2, -0.15) is 0 Å². The summed E-state index contributed by atoms with van der Waals surface area (Å²) in [5.74, 6) is 1.22. The first-order valence-electron chi connectivity index (χ1n) is 4.76. The minimum Gasteiger partial charge on any atom is -0.497 e. The maximum Gasteiger partial charge on any atom is 0.251 e. The quantitative estimate of drug-likeness (QED) is 0.618. The van der Waals surface area contributed by atoms with Crippen molar-refractivity contribution in [2.45, 2.75) is 6.42 Å². The van der Waals surface area contributed by atoms with Crippen LogP contribution in [0.25, 0.3) is 0 Å². The first-order chi connectivity index (χ1) is 7.27. The van der Waals surface area contributed by atoms with Gasteiger partial charge in [-0.3, -0.25) is 4.79 Å². The van der Waals surface area contributed by atoms with Crippen LogP contribution in [-0.4, -0.2) is 25.4 Å². The fraction of sp³-hybridized carbons (Fsp3) is 0.364. The Balaban J connectivity index is 2.50. The minimum atomic E-state index is -0.0808. The molecule has 0 aliphatic rings. The van der Waals surface area contributed by atoms with Crippen LogP contribution < -0.4 is 10.1 Å². The van der Waals surface area contributed by atoms with E-state index >= 15 is 0 Å². The second-order valence-electron chi connectivity index (χ2n) is 3.03. The van der Waals surface area contributed by atoms with Crippen LogP contribution in [0.1, 0.15) is 16.8 Å². The molecule has 1 N–H and O–H groups in total. The Labute approximate surface area is 94.4 Å². The number of carbonyl (C=O) groups is 1. The highest BCUT2D eigenvalue weighted by atomic mass is 35.5. The number of methoxy groups -OCH3 is 1. The van der Waals surface area contributed by atoms with Gasteiger partial charge in [-0.25, -0.2) is 0 Å². The molecule has 0 spiro atoms. The molecule has 0 saturated heterocycles. The van der Waals surface area contributed by atoms with E-state index in [4.69, 9.17) is 16.3 Å². The van der Waals surface area contributed by atoms with Crippen molar-refractivity contribution in [2.75, 3.05) is 19.5 Å². The molecule has 0 saturated carbocycles. The summed E-state index contributed by atoms with van der Waals surface area (Å²) in [5, 5.41) is 2.77. The number of ether oxygens (including phenoxy) is 1. The molecule has 3 nitrogen and oxygen atoms in total. The van der Waals surface area contributed by atoms with Gasteiger partial charge in [0.15, 0.2) is 0 Å². The van der Waals surface area contributed by atoms with E-state index in [0.717, 1.165) is 12.2 Å². The lowest BCUT2D eigenvalue weighted by atomic mass is 10.2. The Bertz CT molecular complexity index is 311. The van der Waals surface area contributed by atoms with Crippen LogP contribution in [0.3, 0.4) is 0 Å². The number of alkyl halides is 1. The summed E-state index contributed by atoms with van der Waals surface area (Å²) in [6, 6.07) is 6.98. The fourth-order valence-corrected chi connectivity index (χ4v) is 1.25. The Morgan fingerprint density at radius 2 is 2.07 bits per heavy atom. The van der Waals surface area contributed by atoms with Crippen molar-refractivity contribution in [3.05, 3.63) is 29.8 Å². The maximum atomic E-state index is 11.5. The molecule has 1 amide bonds. The molecule has 0 aromatic heterocycles. The van der Waals surface area contributed by atoms with E-state index in [0.29, 0.717) is 18.0 Å². The van der Waals surface area contributed by atoms with Gasteiger partial charge in [0.1, 0.15) is 5.75 Å². The summed E-state index contributed by atoms with van der Waals surface area (Å²) in [7, 11) is 1.59. The Hall–Kier alpha value is -1.22. The minimum absolute atomic E-state index is 0.0808. The predicted molar refractivity (Wildman–Crippen MR) is 60.7 cm³/mol. The zero-order valence-electron chi connectivity index (χ0n) is 8.63. The van der Waals surface area contributed by atoms with E-state index in [1.54, 1.807) is 31.4 Å². The number of benzene rings is 1. The summed E-state index contributed by atoms with van der Waals surface area (Å²) in [6.45, 7) is 0.606. The SMILES string of the molecule is COc1ccc(C(=O)NCCCCl)cc1. The average Bonchev–Trinajstić information content (AvgIpc) is 2.29. The monoisotopic (exact) mass is 227 g/mol. The number of amides is 1. The molecule has 0 bridgehead atoms. The van der Waals surface area contributed by atoms with Crippen LogP contribution >= 0.6 is 11.6 Å². The van der Waals surface area contributed by atoms with Gasteiger partial charge in [-0.05, 0) is 30.7 Å². The van der Waals surface area contributed by atoms with E-state index in [-0.39, 0.29) is 5.91 Å². The first-order valence-corrected chi connectivity index (χ1v) is 5.29. The van der Waals surface area contributed by atoms with E-state index < -0.39 is 0 Å². The fourth-order valence-electron chi connectivity index (χ4n) is 1.11. The van der Waals surface area contributed by atoms with Crippen molar-refractivity contribution < 1.29 is 9.53 Å². The molecule has 4 heteroatoms. The molecular formula is C11H14ClNO2. The number of hydrogen-bond acceptors (Lipinski definition) is 2. The average molecular weight is 228 g/mol. The number of nitrogens with one attached hydrogen (secondary N) is 1. The van der Waals surface area contributed by atoms with Crippen molar-refractivity contribution in [1.29, 1.82) is 0 Å². The Kier molecular flexibility index (Phi) is 4.98. The molecule has 1 aromatic rings. The van der Waals surface area contributed by atoms with Crippen LogP contribution in [0.4, 0.5) is 0 Å². The van der Waals surface area contributed by atoms with Crippen LogP contribution in [-0.2, 0) is 0 Å². The number of rotatable bonds is 5. The lowest BCUT2D eigenvalue weighted by Gasteiger charge is -2.04. The van der Waals surface area contributed by atoms with Crippen LogP contribution in [0.2, 0.25) is 0 Å². The van der Waals surface area contributed by atoms with Gasteiger partial charge in [-0.15, -0.1) is 11.6 Å². The molecule has 82 valence electrons. The van der Waals surface area contributed by atoms with Gasteiger partial charge in [-0.1, -0.05) is 0 Å². The summed E-state index contributed by atoms with van der Waals surface area (Å²) < 4.78 is 5.00. The molecular weight excluding hydrogens is 214 g/mol. The van der Waals surface area contributed by atoms with Crippen LogP contribution in [0, 0.1) is 0 Å². The smallest absolute Gasteiger partial charge is 0.251 e. The first kappa shape index (κ1) is 11.9. The summed E-state index contributed by atoms with van der Waals surface area (Å²) in [6.07, 6.45) is 0.781. The Morgan fingerprint density at radius 1 is 1.40 bits per heavy atom. The number of halogens is 1. The third-order valence-corrected chi connectivity index (χ3v) is 2.22. The normalized spacial score (nSPS) is 9.73. The zero-order chi connectivity index (χ0) is 11.1. The van der Waals surface area contributed by atoms with Crippen molar-refractivity contribution in [1.82, 2.24) is 5.32 Å². The predicted octanol–water partition coefficient (Wildman–Crippen LogP) is 2.05. The zero-order valence-corrected chi connectivity index (χ0v) is 9.38. The Morgan fingerprint density at radius 3 is 2.60 bits per heavy atom. The third kappa shape index (κ3) is 3.80. The second-order valence-corrected chi connectivity index (χ2v) is 3.40. The van der Waals surface area contributed by atoms with E-state index in [2.05, 4.69) is 5.32 Å². The molecule has 0 unspecified atom stereocenters. The summed E-state index contributed by atoms with van der Waals surface area (Å²) >= 11 is 5.50. The summed E-state index contributed by atoms with van der Waals surface area (Å²) in [5.41, 5.74) is 0.630. The molecule has 0 aliphatic heterocycles. The van der Waals surface area contributed by atoms with Crippen LogP contribution in [0.15, 0.2) is 24.3 Å². The molecule has 0 heterocycles. The molecule has 1 rings (SSSR count). The molecule has 15 heavy (non-hydrogen) atoms. The lowest BCUT2D eigenvalue weighted by molar-refractivity contribution is 0.0954. The highest BCUT2D eigenvalue weighted by Crippen LogP contribution is 2.10. The highest BCUT2D eigenvalue weighted by Gasteiger charge is 2.03. The van der Waals surface area contributed by atoms with Crippen molar-refractivity contribution in [2.24, 2.45) is 0 Å². The summed E-state index contributed by atoms with van der Waals surface area (Å²) in [4.78, 5) is 11.5. The van der Waals surface area contributed by atoms with Gasteiger partial charge in [0, 0.05) is 18.0 Å². The van der Waals surface area contributed by atoms with E-state index in [9.17, 15) is 4.79 Å². The van der Waals surface area contributed by atoms with Crippen molar-refractivity contribution >= 4 is 17.5 Å². The standard InChI is InChI=1S/C11H14ClNO2/c1-15-10-5-3-9(4-6-10)11(14)13-8-2-7-12/h3-6H,2,7-8H2,1H3,(H,13,14). The van der Waals surface area contributed by atoms with Gasteiger partial charge in [0.05, 0.1) is 7.11 Å². The number of carbonyl (C=O) groups excluding carboxylic acids is 1. The van der Waals surface area contributed by atoms with Crippen LogP contribution in [0.5, 0.6) is 5.75 Å². The van der Waals surface area contributed by atoms with E-state index in [1.165, 1.54) is 0 Å². The highest BCUT2D eigenvalue weighted by molar-refractivity contribution is 6.17. The molecule has 0 atom stereocenters. The molecule has 0 aliphatic carbocycles. The molecule has 0 fully saturated rings. The number of hydrogen-bond donors (Lipinski definition) is 1. The van der Waals surface area contributed by atoms with Gasteiger partial charge in [0.2, 0.25) is 0 Å². The largest absolute Gasteiger partial charge is 0.497 e. The molecule has 1 aromatic carbocycles. The van der Waals surface area contributed by atoms with Gasteiger partial charge >= 0.3 is 0 Å². The topological polar surface area (TPSA) is 38.3 Å².